The van der Waals surface area contributed by atoms with Gasteiger partial charge in [-0.25, -0.2) is 0 Å². The number of ether oxygens (including phenoxy) is 1. The van der Waals surface area contributed by atoms with E-state index in [1.165, 1.54) is 0 Å². The molecule has 1 aromatic rings. The summed E-state index contributed by atoms with van der Waals surface area (Å²) in [5, 5.41) is 0. The van der Waals surface area contributed by atoms with Crippen LogP contribution in [0, 0.1) is 5.92 Å². The predicted molar refractivity (Wildman–Crippen MR) is 102 cm³/mol. The Morgan fingerprint density at radius 2 is 2.00 bits per heavy atom. The third-order valence-electron chi connectivity index (χ3n) is 5.57. The number of ketones is 1. The molecular weight excluding hydrogens is 326 g/mol. The van der Waals surface area contributed by atoms with Gasteiger partial charge in [0.05, 0.1) is 11.1 Å². The van der Waals surface area contributed by atoms with Crippen LogP contribution >= 0.6 is 0 Å². The van der Waals surface area contributed by atoms with Crippen molar-refractivity contribution in [2.45, 2.75) is 52.0 Å². The Hall–Kier alpha value is -2.36. The number of Topliss-reactive ketones (excluding diaryl/α,β-unsaturated/α-hetero) is 1. The molecule has 26 heavy (non-hydrogen) atoms. The van der Waals surface area contributed by atoms with E-state index < -0.39 is 5.54 Å². The minimum absolute atomic E-state index is 0.0595. The van der Waals surface area contributed by atoms with Crippen LogP contribution in [-0.2, 0) is 14.3 Å². The molecule has 0 spiro atoms. The summed E-state index contributed by atoms with van der Waals surface area (Å²) in [6.07, 6.45) is 3.35. The third kappa shape index (κ3) is 3.09. The van der Waals surface area contributed by atoms with Crippen molar-refractivity contribution in [2.75, 3.05) is 6.73 Å². The van der Waals surface area contributed by atoms with Crippen LogP contribution in [0.5, 0.6) is 0 Å². The molecular formula is C22H27NO3. The molecule has 1 unspecified atom stereocenters. The topological polar surface area (TPSA) is 46.6 Å². The molecule has 1 atom stereocenters. The minimum Gasteiger partial charge on any atom is -0.476 e. The zero-order valence-corrected chi connectivity index (χ0v) is 15.9. The Bertz CT molecular complexity index is 761. The van der Waals surface area contributed by atoms with Crippen molar-refractivity contribution in [1.29, 1.82) is 0 Å². The predicted octanol–water partition coefficient (Wildman–Crippen LogP) is 4.33. The first-order chi connectivity index (χ1) is 12.4. The average Bonchev–Trinajstić information content (AvgIpc) is 3.06. The SMILES string of the molecule is C=C1CCCC1C(=O)C(C)(C)N1COC(CC)=C(c2ccccc2)C1=O. The maximum Gasteiger partial charge on any atom is 0.261 e. The van der Waals surface area contributed by atoms with Gasteiger partial charge >= 0.3 is 0 Å². The Kier molecular flexibility index (Phi) is 5.03. The van der Waals surface area contributed by atoms with Crippen LogP contribution in [0.3, 0.4) is 0 Å². The molecule has 0 aromatic heterocycles. The van der Waals surface area contributed by atoms with Crippen molar-refractivity contribution in [1.82, 2.24) is 4.90 Å². The van der Waals surface area contributed by atoms with Crippen molar-refractivity contribution in [3.63, 3.8) is 0 Å². The minimum atomic E-state index is -0.936. The lowest BCUT2D eigenvalue weighted by molar-refractivity contribution is -0.150. The Morgan fingerprint density at radius 3 is 2.58 bits per heavy atom. The molecule has 138 valence electrons. The maximum absolute atomic E-state index is 13.4. The monoisotopic (exact) mass is 353 g/mol. The number of carbonyl (C=O) groups is 2. The summed E-state index contributed by atoms with van der Waals surface area (Å²) in [5.74, 6) is 0.450. The number of hydrogen-bond acceptors (Lipinski definition) is 3. The summed E-state index contributed by atoms with van der Waals surface area (Å²) in [6, 6.07) is 9.54. The molecule has 0 bridgehead atoms. The van der Waals surface area contributed by atoms with E-state index in [-0.39, 0.29) is 24.3 Å². The van der Waals surface area contributed by atoms with E-state index in [4.69, 9.17) is 4.74 Å². The second-order valence-electron chi connectivity index (χ2n) is 7.55. The molecule has 1 aliphatic carbocycles. The molecule has 0 saturated heterocycles. The highest BCUT2D eigenvalue weighted by atomic mass is 16.5. The molecule has 1 aliphatic heterocycles. The van der Waals surface area contributed by atoms with Crippen molar-refractivity contribution in [3.05, 3.63) is 53.8 Å². The molecule has 1 amide bonds. The normalized spacial score (nSPS) is 21.2. The smallest absolute Gasteiger partial charge is 0.261 e. The summed E-state index contributed by atoms with van der Waals surface area (Å²) < 4.78 is 5.91. The molecule has 1 fully saturated rings. The third-order valence-corrected chi connectivity index (χ3v) is 5.57. The number of rotatable bonds is 5. The number of carbonyl (C=O) groups excluding carboxylic acids is 2. The number of benzene rings is 1. The fourth-order valence-corrected chi connectivity index (χ4v) is 3.90. The first kappa shape index (κ1) is 18.4. The Morgan fingerprint density at radius 1 is 1.31 bits per heavy atom. The van der Waals surface area contributed by atoms with E-state index in [0.29, 0.717) is 17.8 Å². The number of amides is 1. The van der Waals surface area contributed by atoms with Crippen molar-refractivity contribution >= 4 is 17.3 Å². The molecule has 0 N–H and O–H groups in total. The lowest BCUT2D eigenvalue weighted by atomic mass is 9.84. The van der Waals surface area contributed by atoms with Crippen LogP contribution in [-0.4, -0.2) is 28.9 Å². The van der Waals surface area contributed by atoms with E-state index in [1.54, 1.807) is 4.90 Å². The molecule has 3 rings (SSSR count). The van der Waals surface area contributed by atoms with Gasteiger partial charge in [-0.1, -0.05) is 49.4 Å². The summed E-state index contributed by atoms with van der Waals surface area (Å²) in [5.41, 5.74) is 1.44. The van der Waals surface area contributed by atoms with Gasteiger partial charge < -0.3 is 4.74 Å². The second-order valence-corrected chi connectivity index (χ2v) is 7.55. The van der Waals surface area contributed by atoms with E-state index in [9.17, 15) is 9.59 Å². The molecule has 4 heteroatoms. The lowest BCUT2D eigenvalue weighted by Crippen LogP contribution is -2.57. The van der Waals surface area contributed by atoms with Crippen molar-refractivity contribution < 1.29 is 14.3 Å². The molecule has 1 heterocycles. The van der Waals surface area contributed by atoms with Gasteiger partial charge in [-0.2, -0.15) is 0 Å². The highest BCUT2D eigenvalue weighted by Gasteiger charge is 2.45. The van der Waals surface area contributed by atoms with E-state index >= 15 is 0 Å². The van der Waals surface area contributed by atoms with Crippen LogP contribution in [0.1, 0.15) is 52.0 Å². The fourth-order valence-electron chi connectivity index (χ4n) is 3.90. The zero-order chi connectivity index (χ0) is 18.9. The molecule has 1 saturated carbocycles. The average molecular weight is 353 g/mol. The fraction of sp³-hybridized carbons (Fsp3) is 0.455. The summed E-state index contributed by atoms with van der Waals surface area (Å²) in [7, 11) is 0. The molecule has 1 aromatic carbocycles. The van der Waals surface area contributed by atoms with Crippen LogP contribution in [0.15, 0.2) is 48.2 Å². The van der Waals surface area contributed by atoms with Gasteiger partial charge in [-0.15, -0.1) is 0 Å². The van der Waals surface area contributed by atoms with E-state index in [1.807, 2.05) is 51.1 Å². The van der Waals surface area contributed by atoms with Gasteiger partial charge in [0, 0.05) is 12.3 Å². The highest BCUT2D eigenvalue weighted by molar-refractivity contribution is 6.21. The van der Waals surface area contributed by atoms with Crippen LogP contribution in [0.2, 0.25) is 0 Å². The molecule has 4 nitrogen and oxygen atoms in total. The number of nitrogens with zero attached hydrogens (tertiary/aromatic N) is 1. The summed E-state index contributed by atoms with van der Waals surface area (Å²) in [4.78, 5) is 28.1. The lowest BCUT2D eigenvalue weighted by Gasteiger charge is -2.41. The Labute approximate surface area is 155 Å². The van der Waals surface area contributed by atoms with Crippen LogP contribution in [0.4, 0.5) is 0 Å². The van der Waals surface area contributed by atoms with E-state index in [0.717, 1.165) is 30.4 Å². The Balaban J connectivity index is 1.94. The number of allylic oxidation sites excluding steroid dienone is 2. The summed E-state index contributed by atoms with van der Waals surface area (Å²) >= 11 is 0. The van der Waals surface area contributed by atoms with Crippen LogP contribution in [0.25, 0.3) is 5.57 Å². The molecule has 2 aliphatic rings. The first-order valence-electron chi connectivity index (χ1n) is 9.33. The van der Waals surface area contributed by atoms with Gasteiger partial charge in [-0.3, -0.25) is 14.5 Å². The second kappa shape index (κ2) is 7.10. The standard InChI is InChI=1S/C22H27NO3/c1-5-18-19(16-11-7-6-8-12-16)21(25)23(14-26-18)22(3,4)20(24)17-13-9-10-15(17)2/h6-8,11-12,17H,2,5,9-10,13-14H2,1,3-4H3. The largest absolute Gasteiger partial charge is 0.476 e. The molecule has 0 radical (unpaired) electrons. The summed E-state index contributed by atoms with van der Waals surface area (Å²) in [6.45, 7) is 9.78. The van der Waals surface area contributed by atoms with E-state index in [2.05, 4.69) is 6.58 Å². The van der Waals surface area contributed by atoms with Gasteiger partial charge in [0.1, 0.15) is 5.76 Å². The highest BCUT2D eigenvalue weighted by Crippen LogP contribution is 2.37. The van der Waals surface area contributed by atoms with Gasteiger partial charge in [0.15, 0.2) is 12.5 Å². The van der Waals surface area contributed by atoms with Crippen molar-refractivity contribution in [2.24, 2.45) is 5.92 Å². The van der Waals surface area contributed by atoms with Gasteiger partial charge in [0.2, 0.25) is 0 Å². The van der Waals surface area contributed by atoms with Gasteiger partial charge in [0.25, 0.3) is 5.91 Å². The van der Waals surface area contributed by atoms with Gasteiger partial charge in [-0.05, 0) is 38.7 Å². The first-order valence-corrected chi connectivity index (χ1v) is 9.33. The van der Waals surface area contributed by atoms with Crippen LogP contribution < -0.4 is 0 Å². The quantitative estimate of drug-likeness (QED) is 0.740. The number of hydrogen-bond donors (Lipinski definition) is 0. The zero-order valence-electron chi connectivity index (χ0n) is 15.9. The van der Waals surface area contributed by atoms with Crippen molar-refractivity contribution in [3.8, 4) is 0 Å². The maximum atomic E-state index is 13.4.